The van der Waals surface area contributed by atoms with Crippen molar-refractivity contribution in [1.82, 2.24) is 4.98 Å². The SMILES string of the molecule is C1=CN(c2c(-c3ccccc3)cccc2-c2ccccc2)CN1c1cccc(Oc2cc[c]3c(c2)-c2nccc[c]2[Ge]3([c]2ccccc2)[c]2ccccc2)c1. The molecule has 4 nitrogen and oxygen atoms in total. The van der Waals surface area contributed by atoms with Crippen molar-refractivity contribution in [1.29, 1.82) is 0 Å². The number of para-hydroxylation sites is 1. The number of fused-ring (bicyclic) bond motifs is 3. The van der Waals surface area contributed by atoms with Gasteiger partial charge in [-0.3, -0.25) is 0 Å². The monoisotopic (exact) mass is 769 g/mol. The average Bonchev–Trinajstić information content (AvgIpc) is 3.87. The molecule has 0 radical (unpaired) electrons. The van der Waals surface area contributed by atoms with Crippen LogP contribution in [0.15, 0.2) is 213 Å². The number of pyridine rings is 1. The van der Waals surface area contributed by atoms with Gasteiger partial charge in [0.25, 0.3) is 0 Å². The van der Waals surface area contributed by atoms with Gasteiger partial charge < -0.3 is 0 Å². The summed E-state index contributed by atoms with van der Waals surface area (Å²) in [6.07, 6.45) is 6.26. The predicted molar refractivity (Wildman–Crippen MR) is 230 cm³/mol. The van der Waals surface area contributed by atoms with Crippen LogP contribution in [0, 0.1) is 0 Å². The first-order chi connectivity index (χ1) is 27.3. The van der Waals surface area contributed by atoms with E-state index in [-0.39, 0.29) is 0 Å². The fourth-order valence-corrected chi connectivity index (χ4v) is 19.2. The zero-order valence-corrected chi connectivity index (χ0v) is 32.3. The summed E-state index contributed by atoms with van der Waals surface area (Å²) in [5, 5.41) is 0. The van der Waals surface area contributed by atoms with E-state index in [9.17, 15) is 0 Å². The first-order valence-electron chi connectivity index (χ1n) is 18.7. The van der Waals surface area contributed by atoms with Crippen LogP contribution in [-0.4, -0.2) is 24.9 Å². The van der Waals surface area contributed by atoms with E-state index < -0.39 is 13.3 Å². The third-order valence-electron chi connectivity index (χ3n) is 10.9. The second kappa shape index (κ2) is 14.0. The number of hydrogen-bond donors (Lipinski definition) is 0. The zero-order chi connectivity index (χ0) is 36.6. The third kappa shape index (κ3) is 5.74. The number of aromatic nitrogens is 1. The molecular formula is C50H37GeN3O. The van der Waals surface area contributed by atoms with Crippen molar-refractivity contribution in [3.63, 3.8) is 0 Å². The van der Waals surface area contributed by atoms with E-state index in [0.29, 0.717) is 6.67 Å². The van der Waals surface area contributed by atoms with Gasteiger partial charge in [-0.05, 0) is 11.1 Å². The molecular weight excluding hydrogens is 731 g/mol. The van der Waals surface area contributed by atoms with Gasteiger partial charge in [0.2, 0.25) is 0 Å². The van der Waals surface area contributed by atoms with E-state index in [1.54, 1.807) is 0 Å². The molecule has 0 spiro atoms. The van der Waals surface area contributed by atoms with E-state index in [1.807, 2.05) is 12.3 Å². The topological polar surface area (TPSA) is 28.6 Å². The molecule has 0 N–H and O–H groups in total. The molecule has 3 heterocycles. The van der Waals surface area contributed by atoms with Gasteiger partial charge in [0.05, 0.1) is 0 Å². The molecule has 0 unspecified atom stereocenters. The minimum atomic E-state index is -3.33. The molecule has 0 fully saturated rings. The number of rotatable bonds is 8. The van der Waals surface area contributed by atoms with E-state index >= 15 is 0 Å². The maximum atomic E-state index is 6.69. The summed E-state index contributed by atoms with van der Waals surface area (Å²) >= 11 is -3.33. The van der Waals surface area contributed by atoms with Crippen LogP contribution in [0.5, 0.6) is 11.5 Å². The van der Waals surface area contributed by atoms with E-state index in [0.717, 1.165) is 22.9 Å². The van der Waals surface area contributed by atoms with Gasteiger partial charge in [-0.1, -0.05) is 78.9 Å². The molecule has 0 bridgehead atoms. The second-order valence-corrected chi connectivity index (χ2v) is 21.8. The summed E-state index contributed by atoms with van der Waals surface area (Å²) in [6.45, 7) is 0.668. The first kappa shape index (κ1) is 33.0. The van der Waals surface area contributed by atoms with Crippen LogP contribution in [0.3, 0.4) is 0 Å². The Hall–Kier alpha value is -6.63. The van der Waals surface area contributed by atoms with Crippen LogP contribution >= 0.6 is 0 Å². The molecule has 262 valence electrons. The van der Waals surface area contributed by atoms with Crippen molar-refractivity contribution < 1.29 is 4.74 Å². The Morgan fingerprint density at radius 2 is 1.04 bits per heavy atom. The van der Waals surface area contributed by atoms with Gasteiger partial charge >= 0.3 is 225 Å². The summed E-state index contributed by atoms with van der Waals surface area (Å²) in [4.78, 5) is 9.64. The van der Waals surface area contributed by atoms with Crippen LogP contribution in [0.1, 0.15) is 0 Å². The van der Waals surface area contributed by atoms with Gasteiger partial charge in [0.15, 0.2) is 0 Å². The van der Waals surface area contributed by atoms with Crippen LogP contribution < -0.4 is 32.1 Å². The minimum absolute atomic E-state index is 0.668. The Balaban J connectivity index is 0.977. The third-order valence-corrected chi connectivity index (χ3v) is 21.1. The van der Waals surface area contributed by atoms with Gasteiger partial charge in [0, 0.05) is 11.1 Å². The maximum absolute atomic E-state index is 6.69. The van der Waals surface area contributed by atoms with E-state index in [4.69, 9.17) is 9.72 Å². The van der Waals surface area contributed by atoms with Crippen molar-refractivity contribution in [2.75, 3.05) is 16.5 Å². The van der Waals surface area contributed by atoms with E-state index in [2.05, 4.69) is 210 Å². The Morgan fingerprint density at radius 3 is 1.69 bits per heavy atom. The zero-order valence-electron chi connectivity index (χ0n) is 30.2. The Kier molecular flexibility index (Phi) is 8.38. The quantitative estimate of drug-likeness (QED) is 0.144. The molecule has 0 saturated heterocycles. The molecule has 0 amide bonds. The van der Waals surface area contributed by atoms with Gasteiger partial charge in [0.1, 0.15) is 0 Å². The van der Waals surface area contributed by atoms with Crippen molar-refractivity contribution in [3.05, 3.63) is 213 Å². The normalized spacial score (nSPS) is 13.7. The number of anilines is 2. The Morgan fingerprint density at radius 1 is 0.455 bits per heavy atom. The molecule has 0 aliphatic carbocycles. The number of nitrogens with zero attached hydrogens (tertiary/aromatic N) is 3. The Bertz CT molecular complexity index is 2570. The van der Waals surface area contributed by atoms with Crippen molar-refractivity contribution in [3.8, 4) is 45.0 Å². The molecule has 2 aliphatic rings. The molecule has 2 aliphatic heterocycles. The van der Waals surface area contributed by atoms with Gasteiger partial charge in [-0.25, -0.2) is 0 Å². The number of ether oxygens (including phenoxy) is 1. The van der Waals surface area contributed by atoms with Crippen LogP contribution in [0.25, 0.3) is 33.5 Å². The van der Waals surface area contributed by atoms with Gasteiger partial charge in [-0.2, -0.15) is 0 Å². The van der Waals surface area contributed by atoms with Gasteiger partial charge in [-0.15, -0.1) is 0 Å². The Labute approximate surface area is 324 Å². The molecule has 7 aromatic carbocycles. The van der Waals surface area contributed by atoms with Crippen molar-refractivity contribution in [2.24, 2.45) is 0 Å². The predicted octanol–water partition coefficient (Wildman–Crippen LogP) is 9.32. The van der Waals surface area contributed by atoms with Crippen molar-refractivity contribution >= 4 is 42.2 Å². The number of benzene rings is 7. The molecule has 0 atom stereocenters. The molecule has 1 aromatic heterocycles. The summed E-state index contributed by atoms with van der Waals surface area (Å²) < 4.78 is 12.2. The van der Waals surface area contributed by atoms with Crippen molar-refractivity contribution in [2.45, 2.75) is 0 Å². The summed E-state index contributed by atoms with van der Waals surface area (Å²) in [6, 6.07) is 69.5. The second-order valence-electron chi connectivity index (χ2n) is 14.0. The fraction of sp³-hybridized carbons (Fsp3) is 0.0200. The first-order valence-corrected chi connectivity index (χ1v) is 22.9. The van der Waals surface area contributed by atoms with Crippen LogP contribution in [0.4, 0.5) is 11.4 Å². The standard InChI is InChI=1S/C50H37GeN3O/c1-5-16-37(17-6-1)44-26-14-27-45(38-18-7-2-8-19-38)50(44)54-33-32-53(36-54)41-24-13-25-42(34-41)55-43-29-30-47-46(35-43)49-48(28-15-31-52-49)51(47,39-20-9-3-10-21-39)40-22-11-4-12-23-40/h1-35H,36H2. The molecule has 10 rings (SSSR count). The number of hydrogen-bond acceptors (Lipinski definition) is 4. The summed E-state index contributed by atoms with van der Waals surface area (Å²) in [5.74, 6) is 1.59. The van der Waals surface area contributed by atoms with E-state index in [1.165, 1.54) is 51.1 Å². The average molecular weight is 768 g/mol. The molecule has 8 aromatic rings. The molecule has 55 heavy (non-hydrogen) atoms. The molecule has 0 saturated carbocycles. The van der Waals surface area contributed by atoms with Crippen LogP contribution in [0.2, 0.25) is 0 Å². The summed E-state index contributed by atoms with van der Waals surface area (Å²) in [5.41, 5.74) is 9.27. The van der Waals surface area contributed by atoms with Crippen LogP contribution in [-0.2, 0) is 0 Å². The fourth-order valence-electron chi connectivity index (χ4n) is 8.49. The summed E-state index contributed by atoms with van der Waals surface area (Å²) in [7, 11) is 0. The molecule has 5 heteroatoms.